The third-order valence-corrected chi connectivity index (χ3v) is 5.35. The Labute approximate surface area is 177 Å². The number of furan rings is 1. The van der Waals surface area contributed by atoms with E-state index in [1.165, 1.54) is 12.1 Å². The van der Waals surface area contributed by atoms with Crippen molar-refractivity contribution in [3.05, 3.63) is 83.1 Å². The van der Waals surface area contributed by atoms with E-state index in [2.05, 4.69) is 4.99 Å². The van der Waals surface area contributed by atoms with Crippen LogP contribution in [0.25, 0.3) is 21.7 Å². The van der Waals surface area contributed by atoms with E-state index in [4.69, 9.17) is 14.1 Å². The van der Waals surface area contributed by atoms with Gasteiger partial charge >= 0.3 is 0 Å². The fraction of sp³-hybridized carbons (Fsp3) is 0.0870. The molecule has 3 aromatic heterocycles. The summed E-state index contributed by atoms with van der Waals surface area (Å²) in [6.07, 6.45) is 5.00. The lowest BCUT2D eigenvalue weighted by atomic mass is 10.0. The Bertz CT molecular complexity index is 1160. The van der Waals surface area contributed by atoms with E-state index in [9.17, 15) is 9.90 Å². The molecule has 0 amide bonds. The van der Waals surface area contributed by atoms with Gasteiger partial charge in [0.2, 0.25) is 5.88 Å². The molecule has 7 heteroatoms. The summed E-state index contributed by atoms with van der Waals surface area (Å²) in [4.78, 5) is 20.8. The van der Waals surface area contributed by atoms with E-state index >= 15 is 0 Å². The maximum Gasteiger partial charge on any atom is 0.223 e. The molecule has 0 spiro atoms. The van der Waals surface area contributed by atoms with Crippen molar-refractivity contribution in [2.75, 3.05) is 7.05 Å². The van der Waals surface area contributed by atoms with Gasteiger partial charge in [-0.25, -0.2) is 4.98 Å². The number of aromatic nitrogens is 1. The average Bonchev–Trinajstić information content (AvgIpc) is 3.47. The Morgan fingerprint density at radius 3 is 2.73 bits per heavy atom. The van der Waals surface area contributed by atoms with E-state index in [-0.39, 0.29) is 12.2 Å². The first kappa shape index (κ1) is 19.6. The molecule has 4 aromatic rings. The van der Waals surface area contributed by atoms with Crippen molar-refractivity contribution in [2.45, 2.75) is 6.61 Å². The first-order valence-corrected chi connectivity index (χ1v) is 10.0. The van der Waals surface area contributed by atoms with Gasteiger partial charge in [0.1, 0.15) is 6.61 Å². The Morgan fingerprint density at radius 1 is 1.27 bits per heavy atom. The highest BCUT2D eigenvalue weighted by Gasteiger charge is 2.17. The molecule has 30 heavy (non-hydrogen) atoms. The van der Waals surface area contributed by atoms with Crippen molar-refractivity contribution in [3.8, 4) is 27.6 Å². The largest absolute Gasteiger partial charge is 0.545 e. The van der Waals surface area contributed by atoms with Gasteiger partial charge in [0.25, 0.3) is 0 Å². The summed E-state index contributed by atoms with van der Waals surface area (Å²) in [5.41, 5.74) is 4.26. The predicted molar refractivity (Wildman–Crippen MR) is 114 cm³/mol. The van der Waals surface area contributed by atoms with E-state index in [0.29, 0.717) is 5.88 Å². The first-order chi connectivity index (χ1) is 14.7. The minimum Gasteiger partial charge on any atom is -0.545 e. The molecule has 0 atom stereocenters. The van der Waals surface area contributed by atoms with Crippen molar-refractivity contribution in [2.24, 2.45) is 4.99 Å². The second kappa shape index (κ2) is 8.75. The minimum absolute atomic E-state index is 0.123. The van der Waals surface area contributed by atoms with E-state index in [1.54, 1.807) is 49.3 Å². The molecule has 0 unspecified atom stereocenters. The molecule has 0 aliphatic carbocycles. The van der Waals surface area contributed by atoms with Gasteiger partial charge in [-0.15, -0.1) is 11.3 Å². The summed E-state index contributed by atoms with van der Waals surface area (Å²) >= 11 is 1.59. The Morgan fingerprint density at radius 2 is 2.10 bits per heavy atom. The van der Waals surface area contributed by atoms with Crippen LogP contribution >= 0.6 is 11.3 Å². The number of aromatic carboxylic acids is 1. The van der Waals surface area contributed by atoms with Crippen LogP contribution in [0.5, 0.6) is 5.88 Å². The Kier molecular flexibility index (Phi) is 5.72. The SMILES string of the molecule is CN=Cc1c(-c2ccoc2)cc(-c2cccs2)nc1OCc1ccc(C(=O)[O-])cc1. The number of carboxylic acids is 1. The van der Waals surface area contributed by atoms with Crippen LogP contribution in [0.3, 0.4) is 0 Å². The molecule has 0 saturated carbocycles. The number of hydrogen-bond donors (Lipinski definition) is 0. The van der Waals surface area contributed by atoms with Gasteiger partial charge in [0, 0.05) is 24.4 Å². The summed E-state index contributed by atoms with van der Waals surface area (Å²) in [5, 5.41) is 12.9. The molecule has 0 aliphatic heterocycles. The standard InChI is InChI=1S/C23H18N2O4S/c1-24-12-19-18(17-8-9-28-14-17)11-20(21-3-2-10-30-21)25-22(19)29-13-15-4-6-16(7-5-15)23(26)27/h2-12,14H,13H2,1H3,(H,26,27)/p-1. The Balaban J connectivity index is 1.74. The molecular formula is C23H17N2O4S-. The summed E-state index contributed by atoms with van der Waals surface area (Å²) in [7, 11) is 1.69. The zero-order valence-corrected chi connectivity index (χ0v) is 16.9. The molecule has 0 radical (unpaired) electrons. The van der Waals surface area contributed by atoms with Crippen LogP contribution in [-0.4, -0.2) is 24.2 Å². The van der Waals surface area contributed by atoms with Gasteiger partial charge in [0.05, 0.1) is 34.6 Å². The lowest BCUT2D eigenvalue weighted by Gasteiger charge is -2.14. The second-order valence-corrected chi connectivity index (χ2v) is 7.37. The number of carboxylic acid groups (broad SMARTS) is 1. The number of carbonyl (C=O) groups is 1. The van der Waals surface area contributed by atoms with Crippen LogP contribution in [0.1, 0.15) is 21.5 Å². The smallest absolute Gasteiger partial charge is 0.223 e. The van der Waals surface area contributed by atoms with Gasteiger partial charge in [-0.2, -0.15) is 0 Å². The highest BCUT2D eigenvalue weighted by molar-refractivity contribution is 7.13. The molecule has 3 heterocycles. The summed E-state index contributed by atoms with van der Waals surface area (Å²) in [5.74, 6) is -0.773. The summed E-state index contributed by atoms with van der Waals surface area (Å²) < 4.78 is 11.3. The predicted octanol–water partition coefficient (Wildman–Crippen LogP) is 4.06. The van der Waals surface area contributed by atoms with Crippen LogP contribution in [0, 0.1) is 0 Å². The molecule has 6 nitrogen and oxygen atoms in total. The molecule has 4 rings (SSSR count). The number of benzene rings is 1. The summed E-state index contributed by atoms with van der Waals surface area (Å²) in [6, 6.07) is 14.2. The van der Waals surface area contributed by atoms with Gasteiger partial charge in [-0.05, 0) is 34.7 Å². The number of hydrogen-bond acceptors (Lipinski definition) is 7. The molecule has 0 fully saturated rings. The molecule has 0 N–H and O–H groups in total. The highest BCUT2D eigenvalue weighted by Crippen LogP contribution is 2.35. The molecular weight excluding hydrogens is 400 g/mol. The van der Waals surface area contributed by atoms with Crippen LogP contribution in [0.2, 0.25) is 0 Å². The first-order valence-electron chi connectivity index (χ1n) is 9.12. The molecule has 0 saturated heterocycles. The van der Waals surface area contributed by atoms with E-state index in [1.807, 2.05) is 29.6 Å². The normalized spacial score (nSPS) is 11.1. The topological polar surface area (TPSA) is 87.8 Å². The van der Waals surface area contributed by atoms with Crippen molar-refractivity contribution in [1.29, 1.82) is 0 Å². The van der Waals surface area contributed by atoms with Crippen molar-refractivity contribution in [3.63, 3.8) is 0 Å². The molecule has 0 bridgehead atoms. The van der Waals surface area contributed by atoms with Crippen molar-refractivity contribution < 1.29 is 19.1 Å². The number of nitrogens with zero attached hydrogens (tertiary/aromatic N) is 2. The van der Waals surface area contributed by atoms with E-state index in [0.717, 1.165) is 32.8 Å². The number of thiophene rings is 1. The zero-order valence-electron chi connectivity index (χ0n) is 16.1. The van der Waals surface area contributed by atoms with Gasteiger partial charge < -0.3 is 19.1 Å². The number of carbonyl (C=O) groups excluding carboxylic acids is 1. The third-order valence-electron chi connectivity index (χ3n) is 4.45. The molecule has 0 aliphatic rings. The van der Waals surface area contributed by atoms with Gasteiger partial charge in [0.15, 0.2) is 0 Å². The minimum atomic E-state index is -1.21. The third kappa shape index (κ3) is 4.16. The summed E-state index contributed by atoms with van der Waals surface area (Å²) in [6.45, 7) is 0.226. The number of pyridine rings is 1. The zero-order chi connectivity index (χ0) is 20.9. The van der Waals surface area contributed by atoms with Crippen LogP contribution in [0.4, 0.5) is 0 Å². The lowest BCUT2D eigenvalue weighted by Crippen LogP contribution is -2.22. The van der Waals surface area contributed by atoms with E-state index < -0.39 is 5.97 Å². The number of rotatable bonds is 7. The maximum absolute atomic E-state index is 10.9. The van der Waals surface area contributed by atoms with Crippen LogP contribution in [-0.2, 0) is 6.61 Å². The molecule has 150 valence electrons. The highest BCUT2D eigenvalue weighted by atomic mass is 32.1. The fourth-order valence-electron chi connectivity index (χ4n) is 2.99. The maximum atomic E-state index is 10.9. The van der Waals surface area contributed by atoms with Gasteiger partial charge in [-0.1, -0.05) is 30.3 Å². The van der Waals surface area contributed by atoms with Crippen molar-refractivity contribution >= 4 is 23.5 Å². The molecule has 1 aromatic carbocycles. The van der Waals surface area contributed by atoms with Gasteiger partial charge in [-0.3, -0.25) is 4.99 Å². The average molecular weight is 417 g/mol. The lowest BCUT2D eigenvalue weighted by molar-refractivity contribution is -0.255. The second-order valence-electron chi connectivity index (χ2n) is 6.42. The number of ether oxygens (including phenoxy) is 1. The number of aliphatic imine (C=N–C) groups is 1. The quantitative estimate of drug-likeness (QED) is 0.423. The van der Waals surface area contributed by atoms with Crippen molar-refractivity contribution in [1.82, 2.24) is 4.98 Å². The monoisotopic (exact) mass is 417 g/mol. The van der Waals surface area contributed by atoms with Crippen LogP contribution < -0.4 is 9.84 Å². The Hall–Kier alpha value is -3.71. The van der Waals surface area contributed by atoms with Crippen LogP contribution in [0.15, 0.2) is 75.8 Å². The fourth-order valence-corrected chi connectivity index (χ4v) is 3.68.